The van der Waals surface area contributed by atoms with Gasteiger partial charge in [-0.1, -0.05) is 41.5 Å². The number of esters is 5. The number of hydrogen-bond acceptors (Lipinski definition) is 26. The molecule has 134 heavy (non-hydrogen) atoms. The highest BCUT2D eigenvalue weighted by atomic mass is 32.2. The molecule has 2 amide bonds. The number of carbonyl (C=O) groups is 8. The van der Waals surface area contributed by atoms with Crippen molar-refractivity contribution in [3.05, 3.63) is 185 Å². The Labute approximate surface area is 768 Å². The summed E-state index contributed by atoms with van der Waals surface area (Å²) in [6, 6.07) is 8.06. The smallest absolute Gasteiger partial charge is 0.343 e. The first-order valence-electron chi connectivity index (χ1n) is 44.8. The Morgan fingerprint density at radius 3 is 1.11 bits per heavy atom. The molecule has 9 aliphatic rings. The summed E-state index contributed by atoms with van der Waals surface area (Å²) in [4.78, 5) is 153. The summed E-state index contributed by atoms with van der Waals surface area (Å²) >= 11 is 0. The molecular formula is C97H111F3N10O23S. The summed E-state index contributed by atoms with van der Waals surface area (Å²) in [5, 5.41) is 50.7. The molecule has 9 aromatic rings. The largest absolute Gasteiger partial charge is 0.481 e. The van der Waals surface area contributed by atoms with Crippen molar-refractivity contribution in [3.63, 3.8) is 0 Å². The molecule has 11 N–H and O–H groups in total. The van der Waals surface area contributed by atoms with E-state index in [1.54, 1.807) is 136 Å². The Bertz CT molecular complexity index is 6850. The number of hydrogen-bond donors (Lipinski definition) is 9. The number of cyclic esters (lactones) is 3. The minimum atomic E-state index is -3.67. The lowest BCUT2D eigenvalue weighted by Gasteiger charge is -2.31. The van der Waals surface area contributed by atoms with E-state index in [1.165, 1.54) is 18.2 Å². The van der Waals surface area contributed by atoms with Gasteiger partial charge in [-0.2, -0.15) is 8.42 Å². The Morgan fingerprint density at radius 1 is 0.507 bits per heavy atom. The molecule has 37 heteroatoms. The zero-order valence-corrected chi connectivity index (χ0v) is 78.4. The van der Waals surface area contributed by atoms with Crippen molar-refractivity contribution >= 4 is 90.5 Å². The highest BCUT2D eigenvalue weighted by Crippen LogP contribution is 2.51. The molecule has 18 rings (SSSR count). The molecule has 3 aromatic carbocycles. The third-order valence-electron chi connectivity index (χ3n) is 26.9. The molecule has 0 unspecified atom stereocenters. The maximum Gasteiger partial charge on any atom is 0.343 e. The van der Waals surface area contributed by atoms with Crippen molar-refractivity contribution in [1.82, 2.24) is 39.3 Å². The molecule has 9 atom stereocenters. The number of nitrogens with two attached hydrogens (primary N) is 2. The van der Waals surface area contributed by atoms with E-state index in [0.29, 0.717) is 125 Å². The van der Waals surface area contributed by atoms with E-state index in [9.17, 15) is 85.3 Å². The van der Waals surface area contributed by atoms with Crippen LogP contribution < -0.4 is 38.8 Å². The van der Waals surface area contributed by atoms with E-state index in [2.05, 4.69) is 10.6 Å². The topological polar surface area (TPSA) is 499 Å². The quantitative estimate of drug-likeness (QED) is 0.0261. The maximum atomic E-state index is 15.2. The zero-order chi connectivity index (χ0) is 98.1. The number of nitrogens with one attached hydrogen (secondary N) is 2. The van der Waals surface area contributed by atoms with Crippen LogP contribution in [0.25, 0.3) is 66.9 Å². The van der Waals surface area contributed by atoms with Crippen LogP contribution in [0.15, 0.2) is 50.8 Å². The summed E-state index contributed by atoms with van der Waals surface area (Å²) in [6.07, 6.45) is 5.25. The van der Waals surface area contributed by atoms with E-state index in [1.807, 2.05) is 0 Å². The lowest BCUT2D eigenvalue weighted by Crippen LogP contribution is -2.44. The van der Waals surface area contributed by atoms with Crippen LogP contribution in [-0.2, 0) is 148 Å². The minimum Gasteiger partial charge on any atom is -0.481 e. The molecule has 6 aliphatic heterocycles. The van der Waals surface area contributed by atoms with Crippen molar-refractivity contribution in [2.45, 2.75) is 273 Å². The predicted molar refractivity (Wildman–Crippen MR) is 483 cm³/mol. The average molecular weight is 1870 g/mol. The summed E-state index contributed by atoms with van der Waals surface area (Å²) in [6.45, 7) is 26.2. The van der Waals surface area contributed by atoms with Crippen LogP contribution in [0.3, 0.4) is 0 Å². The molecule has 33 nitrogen and oxygen atoms in total. The number of carboxylic acid groups (broad SMARTS) is 1. The first-order chi connectivity index (χ1) is 62.7. The Kier molecular flexibility index (Phi) is 26.6. The van der Waals surface area contributed by atoms with Gasteiger partial charge in [-0.05, 0) is 201 Å². The van der Waals surface area contributed by atoms with Gasteiger partial charge in [0.15, 0.2) is 16.8 Å². The van der Waals surface area contributed by atoms with Crippen LogP contribution >= 0.6 is 0 Å². The molecule has 0 fully saturated rings. The fourth-order valence-electron chi connectivity index (χ4n) is 19.4. The number of halogens is 3. The molecule has 0 radical (unpaired) electrons. The van der Waals surface area contributed by atoms with Gasteiger partial charge in [0.05, 0.1) is 111 Å². The normalized spacial score (nSPS) is 20.5. The number of aliphatic carboxylic acids is 1. The van der Waals surface area contributed by atoms with Gasteiger partial charge in [0.2, 0.25) is 11.8 Å². The predicted octanol–water partition coefficient (Wildman–Crippen LogP) is 10.4. The Morgan fingerprint density at radius 2 is 0.806 bits per heavy atom. The standard InChI is InChI=1S/C34H38FN3O7.C28H29FN4O5.C24H22FN3O4.C10H18O4.CH4O3S/c1-7-34(43)21-12-25-29-19(14-38(25)31(41)20(21)15-44-32(34)42)28-23(10-9-18-17(3)22(35)13-24(36-29)27(18)28)37-30(40)16(2)8-11-26(39)45-33(4,5)6;1-4-28(37)17-7-21-24-15(10-33(21)26(35)16(17)11-38-27(28)36)23-19(32-25(34)12(2)9-30)6-5-14-13(3)18(29)8-20(31-24)22(14)23;1-3-24(31)14-6-18-21-12(8-28(18)22(29)13(14)9-32-23(24)30)19-16(26)5-4-11-10(2)15(25)7-17(27-21)20(11)19;1-7(9(12)13)5-6-8(11)14-10(2,3)4;1-5(2,3)4/h12-13,16,23,43H,7-11,14-15H2,1-6H3,(H,37,40);7-8,12,19,37H,4-6,9-11,30H2,1-3H3,(H,32,34);6-7,16,31H,3-5,8-9,26H2,1-2H3;7H,5-6H2,1-4H3,(H,12,13);1H3,(H,2,3,4)/t16-,23+,34+;12-,19+,28+;16-,24-;7-;/m1101./s1. The highest BCUT2D eigenvalue weighted by molar-refractivity contribution is 7.85. The number of aliphatic hydroxyl groups is 3. The number of ether oxygens (including phenoxy) is 5. The van der Waals surface area contributed by atoms with E-state index in [0.717, 1.165) is 66.2 Å². The second kappa shape index (κ2) is 36.3. The first kappa shape index (κ1) is 98.0. The number of aryl methyl sites for hydroxylation is 3. The fraction of sp³-hybridized carbons (Fsp3) is 0.485. The molecule has 0 saturated carbocycles. The van der Waals surface area contributed by atoms with Gasteiger partial charge in [0, 0.05) is 105 Å². The van der Waals surface area contributed by atoms with Crippen LogP contribution in [0.2, 0.25) is 0 Å². The SMILES string of the molecule is CC[C@@]1(O)C(=O)OCc2c1cc1n(c2=O)Cc2c-1nc1cc(F)c(C)c3c1c2[C@@H](N)CC3.CC[C@@]1(O)C(=O)OCc2c1cc1n(c2=O)Cc2c-1nc1cc(F)c(C)c3c1c2[C@@H](NC(=O)[C@H](C)CCC(=O)OC(C)(C)C)CC3.CC[C@@]1(O)C(=O)OCc2c1cc1n(c2=O)Cc2c-1nc1cc(F)c(C)c3c1c2[C@@H](NC(=O)[C@H](C)CN)CC3.CS(=O)(=O)O.C[C@H](CCC(=O)OC(C)(C)C)C(=O)O. The zero-order valence-electron chi connectivity index (χ0n) is 77.5. The fourth-order valence-corrected chi connectivity index (χ4v) is 19.4. The van der Waals surface area contributed by atoms with Crippen LogP contribution in [0.4, 0.5) is 13.2 Å². The molecule has 12 heterocycles. The van der Waals surface area contributed by atoms with Gasteiger partial charge in [0.1, 0.15) is 48.5 Å². The molecule has 6 aromatic heterocycles. The Hall–Kier alpha value is -12.0. The van der Waals surface area contributed by atoms with E-state index in [-0.39, 0.29) is 176 Å². The van der Waals surface area contributed by atoms with Crippen molar-refractivity contribution < 1.29 is 109 Å². The number of pyridine rings is 6. The highest BCUT2D eigenvalue weighted by Gasteiger charge is 2.50. The van der Waals surface area contributed by atoms with Gasteiger partial charge in [-0.3, -0.25) is 42.9 Å². The van der Waals surface area contributed by atoms with Gasteiger partial charge >= 0.3 is 35.8 Å². The van der Waals surface area contributed by atoms with Crippen LogP contribution in [-0.4, -0.2) is 134 Å². The molecule has 0 bridgehead atoms. The van der Waals surface area contributed by atoms with Crippen LogP contribution in [0, 0.1) is 56.0 Å². The van der Waals surface area contributed by atoms with Crippen molar-refractivity contribution in [2.75, 3.05) is 12.8 Å². The first-order valence-corrected chi connectivity index (χ1v) is 46.7. The summed E-state index contributed by atoms with van der Waals surface area (Å²) in [5.74, 6) is -6.79. The number of carboxylic acids is 1. The Balaban J connectivity index is 0.000000148. The lowest BCUT2D eigenvalue weighted by atomic mass is 9.81. The molecule has 0 spiro atoms. The van der Waals surface area contributed by atoms with Gasteiger partial charge in [0.25, 0.3) is 26.8 Å². The summed E-state index contributed by atoms with van der Waals surface area (Å²) in [7, 11) is -3.67. The third kappa shape index (κ3) is 17.8. The number of fused-ring (bicyclic) bond motifs is 15. The molecule has 0 saturated heterocycles. The van der Waals surface area contributed by atoms with Crippen LogP contribution in [0.5, 0.6) is 0 Å². The van der Waals surface area contributed by atoms with Gasteiger partial charge in [-0.25, -0.2) is 42.5 Å². The second-order valence-electron chi connectivity index (χ2n) is 38.0. The van der Waals surface area contributed by atoms with Crippen LogP contribution in [0.1, 0.15) is 266 Å². The van der Waals surface area contributed by atoms with Gasteiger partial charge < -0.3 is 79.9 Å². The van der Waals surface area contributed by atoms with E-state index >= 15 is 4.39 Å². The number of benzene rings is 3. The minimum absolute atomic E-state index is 0.0129. The monoisotopic (exact) mass is 1870 g/mol. The number of nitrogens with zero attached hydrogens (tertiary/aromatic N) is 6. The average Bonchev–Trinajstić information content (AvgIpc) is 1.54. The molecular weight excluding hydrogens is 1760 g/mol. The van der Waals surface area contributed by atoms with E-state index < -0.39 is 91.3 Å². The van der Waals surface area contributed by atoms with Crippen molar-refractivity contribution in [2.24, 2.45) is 29.2 Å². The third-order valence-corrected chi connectivity index (χ3v) is 26.9. The number of aromatic nitrogens is 6. The molecule has 3 aliphatic carbocycles. The maximum absolute atomic E-state index is 15.2. The van der Waals surface area contributed by atoms with Gasteiger partial charge in [-0.15, -0.1) is 0 Å². The summed E-state index contributed by atoms with van der Waals surface area (Å²) < 4.78 is 101. The second-order valence-corrected chi connectivity index (χ2v) is 39.5. The number of rotatable bonds is 15. The van der Waals surface area contributed by atoms with Crippen molar-refractivity contribution in [3.8, 4) is 34.2 Å². The molecule has 714 valence electrons. The lowest BCUT2D eigenvalue weighted by molar-refractivity contribution is -0.172. The number of amides is 2. The van der Waals surface area contributed by atoms with Crippen molar-refractivity contribution in [1.29, 1.82) is 0 Å². The number of carbonyl (C=O) groups excluding carboxylic acids is 7. The van der Waals surface area contributed by atoms with E-state index in [4.69, 9.17) is 59.8 Å². The summed E-state index contributed by atoms with van der Waals surface area (Å²) in [5.41, 5.74) is 19.0.